The number of hydrogen-bond donors (Lipinski definition) is 0. The maximum absolute atomic E-state index is 13.6. The normalized spacial score (nSPS) is 12.1. The SMILES string of the molecule is C=C/C=C\C=C(/CCC)c1ccc(F)cc1F. The van der Waals surface area contributed by atoms with Gasteiger partial charge in [-0.3, -0.25) is 0 Å². The van der Waals surface area contributed by atoms with Crippen molar-refractivity contribution in [1.82, 2.24) is 0 Å². The van der Waals surface area contributed by atoms with E-state index in [4.69, 9.17) is 0 Å². The van der Waals surface area contributed by atoms with Crippen molar-refractivity contribution in [1.29, 1.82) is 0 Å². The van der Waals surface area contributed by atoms with Gasteiger partial charge in [0.05, 0.1) is 0 Å². The molecule has 1 aromatic carbocycles. The highest BCUT2D eigenvalue weighted by molar-refractivity contribution is 5.67. The van der Waals surface area contributed by atoms with Crippen molar-refractivity contribution in [2.24, 2.45) is 0 Å². The fourth-order valence-electron chi connectivity index (χ4n) is 1.58. The van der Waals surface area contributed by atoms with E-state index in [1.54, 1.807) is 18.2 Å². The van der Waals surface area contributed by atoms with Crippen LogP contribution in [-0.4, -0.2) is 0 Å². The van der Waals surface area contributed by atoms with Crippen molar-refractivity contribution in [2.45, 2.75) is 19.8 Å². The minimum Gasteiger partial charge on any atom is -0.207 e. The number of rotatable bonds is 5. The average Bonchev–Trinajstić information content (AvgIpc) is 2.28. The molecule has 0 unspecified atom stereocenters. The minimum atomic E-state index is -0.552. The predicted octanol–water partition coefficient (Wildman–Crippen LogP) is 4.89. The highest BCUT2D eigenvalue weighted by Crippen LogP contribution is 2.23. The van der Waals surface area contributed by atoms with Crippen LogP contribution in [0.5, 0.6) is 0 Å². The molecule has 0 fully saturated rings. The molecule has 0 heterocycles. The van der Waals surface area contributed by atoms with Crippen molar-refractivity contribution < 1.29 is 8.78 Å². The fourth-order valence-corrected chi connectivity index (χ4v) is 1.58. The van der Waals surface area contributed by atoms with Gasteiger partial charge in [0.25, 0.3) is 0 Å². The summed E-state index contributed by atoms with van der Waals surface area (Å²) in [6.45, 7) is 5.59. The third kappa shape index (κ3) is 3.99. The average molecular weight is 234 g/mol. The van der Waals surface area contributed by atoms with Crippen molar-refractivity contribution in [3.8, 4) is 0 Å². The van der Waals surface area contributed by atoms with E-state index in [9.17, 15) is 8.78 Å². The molecule has 1 rings (SSSR count). The van der Waals surface area contributed by atoms with Gasteiger partial charge in [0.1, 0.15) is 11.6 Å². The van der Waals surface area contributed by atoms with Gasteiger partial charge in [-0.2, -0.15) is 0 Å². The number of benzene rings is 1. The van der Waals surface area contributed by atoms with E-state index in [0.29, 0.717) is 5.56 Å². The molecule has 0 aliphatic rings. The molecule has 0 saturated heterocycles. The van der Waals surface area contributed by atoms with Gasteiger partial charge in [-0.1, -0.05) is 44.2 Å². The Bertz CT molecular complexity index is 442. The number of allylic oxidation sites excluding steroid dienone is 5. The Morgan fingerprint density at radius 1 is 1.29 bits per heavy atom. The second-order valence-electron chi connectivity index (χ2n) is 3.69. The summed E-state index contributed by atoms with van der Waals surface area (Å²) < 4.78 is 26.4. The zero-order valence-electron chi connectivity index (χ0n) is 9.92. The summed E-state index contributed by atoms with van der Waals surface area (Å²) in [6, 6.07) is 3.67. The van der Waals surface area contributed by atoms with Crippen LogP contribution in [0.2, 0.25) is 0 Å². The van der Waals surface area contributed by atoms with Gasteiger partial charge in [-0.05, 0) is 24.1 Å². The quantitative estimate of drug-likeness (QED) is 0.636. The largest absolute Gasteiger partial charge is 0.207 e. The third-order valence-corrected chi connectivity index (χ3v) is 2.34. The third-order valence-electron chi connectivity index (χ3n) is 2.34. The highest BCUT2D eigenvalue weighted by atomic mass is 19.1. The number of halogens is 2. The minimum absolute atomic E-state index is 0.460. The van der Waals surface area contributed by atoms with Gasteiger partial charge >= 0.3 is 0 Å². The first-order valence-corrected chi connectivity index (χ1v) is 5.62. The summed E-state index contributed by atoms with van der Waals surface area (Å²) in [6.07, 6.45) is 8.73. The van der Waals surface area contributed by atoms with E-state index < -0.39 is 11.6 Å². The monoisotopic (exact) mass is 234 g/mol. The Balaban J connectivity index is 3.08. The van der Waals surface area contributed by atoms with Crippen molar-refractivity contribution in [3.05, 3.63) is 66.3 Å². The summed E-state index contributed by atoms with van der Waals surface area (Å²) in [5.74, 6) is -1.07. The smallest absolute Gasteiger partial charge is 0.133 e. The second kappa shape index (κ2) is 6.79. The van der Waals surface area contributed by atoms with Gasteiger partial charge in [0, 0.05) is 11.6 Å². The molecule has 0 aliphatic carbocycles. The Hall–Kier alpha value is -1.70. The molecule has 0 radical (unpaired) electrons. The lowest BCUT2D eigenvalue weighted by Gasteiger charge is -2.07. The molecule has 0 nitrogen and oxygen atoms in total. The maximum Gasteiger partial charge on any atom is 0.133 e. The summed E-state index contributed by atoms with van der Waals surface area (Å²) in [5, 5.41) is 0. The van der Waals surface area contributed by atoms with Crippen LogP contribution >= 0.6 is 0 Å². The first-order valence-electron chi connectivity index (χ1n) is 5.62. The lowest BCUT2D eigenvalue weighted by molar-refractivity contribution is 0.580. The van der Waals surface area contributed by atoms with Crippen LogP contribution in [-0.2, 0) is 0 Å². The van der Waals surface area contributed by atoms with E-state index in [2.05, 4.69) is 6.58 Å². The molecule has 0 spiro atoms. The van der Waals surface area contributed by atoms with E-state index in [-0.39, 0.29) is 0 Å². The molecule has 2 heteroatoms. The van der Waals surface area contributed by atoms with Crippen LogP contribution in [0.3, 0.4) is 0 Å². The molecule has 1 aromatic rings. The summed E-state index contributed by atoms with van der Waals surface area (Å²) in [7, 11) is 0. The Kier molecular flexibility index (Phi) is 5.34. The van der Waals surface area contributed by atoms with Crippen LogP contribution in [0, 0.1) is 11.6 Å². The van der Waals surface area contributed by atoms with Crippen molar-refractivity contribution in [2.75, 3.05) is 0 Å². The van der Waals surface area contributed by atoms with Crippen LogP contribution in [0.25, 0.3) is 5.57 Å². The zero-order valence-corrected chi connectivity index (χ0v) is 9.92. The molecule has 0 atom stereocenters. The second-order valence-corrected chi connectivity index (χ2v) is 3.69. The van der Waals surface area contributed by atoms with E-state index in [1.165, 1.54) is 12.1 Å². The van der Waals surface area contributed by atoms with E-state index in [0.717, 1.165) is 24.5 Å². The zero-order chi connectivity index (χ0) is 12.7. The van der Waals surface area contributed by atoms with E-state index in [1.807, 2.05) is 13.0 Å². The summed E-state index contributed by atoms with van der Waals surface area (Å²) in [4.78, 5) is 0. The molecule has 0 bridgehead atoms. The summed E-state index contributed by atoms with van der Waals surface area (Å²) in [5.41, 5.74) is 1.32. The molecular formula is C15H16F2. The molecule has 0 aliphatic heterocycles. The Morgan fingerprint density at radius 2 is 2.06 bits per heavy atom. The fraction of sp³-hybridized carbons (Fsp3) is 0.200. The Morgan fingerprint density at radius 3 is 2.65 bits per heavy atom. The van der Waals surface area contributed by atoms with Crippen molar-refractivity contribution in [3.63, 3.8) is 0 Å². The van der Waals surface area contributed by atoms with Gasteiger partial charge in [-0.15, -0.1) is 0 Å². The molecule has 0 amide bonds. The lowest BCUT2D eigenvalue weighted by Crippen LogP contribution is -1.91. The number of hydrogen-bond acceptors (Lipinski definition) is 0. The lowest BCUT2D eigenvalue weighted by atomic mass is 10.0. The van der Waals surface area contributed by atoms with E-state index >= 15 is 0 Å². The van der Waals surface area contributed by atoms with Gasteiger partial charge in [0.15, 0.2) is 0 Å². The molecule has 0 aromatic heterocycles. The molecule has 0 saturated carbocycles. The standard InChI is InChI=1S/C15H16F2/c1-3-5-6-8-12(7-4-2)14-10-9-13(16)11-15(14)17/h3,5-6,8-11H,1,4,7H2,2H3/b6-5-,12-8+. The molecule has 90 valence electrons. The predicted molar refractivity (Wildman–Crippen MR) is 68.6 cm³/mol. The summed E-state index contributed by atoms with van der Waals surface area (Å²) >= 11 is 0. The first-order chi connectivity index (χ1) is 8.19. The van der Waals surface area contributed by atoms with Gasteiger partial charge in [0.2, 0.25) is 0 Å². The molecular weight excluding hydrogens is 218 g/mol. The van der Waals surface area contributed by atoms with Crippen molar-refractivity contribution >= 4 is 5.57 Å². The van der Waals surface area contributed by atoms with Gasteiger partial charge in [-0.25, -0.2) is 8.78 Å². The Labute approximate surface area is 101 Å². The maximum atomic E-state index is 13.6. The van der Waals surface area contributed by atoms with Crippen LogP contribution in [0.15, 0.2) is 49.1 Å². The first kappa shape index (κ1) is 13.4. The molecule has 17 heavy (non-hydrogen) atoms. The van der Waals surface area contributed by atoms with Crippen LogP contribution in [0.4, 0.5) is 8.78 Å². The van der Waals surface area contributed by atoms with Crippen LogP contribution in [0.1, 0.15) is 25.3 Å². The van der Waals surface area contributed by atoms with Gasteiger partial charge < -0.3 is 0 Å². The highest BCUT2D eigenvalue weighted by Gasteiger charge is 2.07. The van der Waals surface area contributed by atoms with Crippen LogP contribution < -0.4 is 0 Å². The molecule has 0 N–H and O–H groups in total. The topological polar surface area (TPSA) is 0 Å².